The van der Waals surface area contributed by atoms with Gasteiger partial charge in [-0.3, -0.25) is 19.3 Å². The van der Waals surface area contributed by atoms with Crippen LogP contribution in [-0.4, -0.2) is 29.2 Å². The van der Waals surface area contributed by atoms with Crippen molar-refractivity contribution in [1.29, 1.82) is 0 Å². The maximum Gasteiger partial charge on any atom is 0.233 e. The third kappa shape index (κ3) is 3.43. The lowest BCUT2D eigenvalue weighted by molar-refractivity contribution is -0.140. The summed E-state index contributed by atoms with van der Waals surface area (Å²) in [5, 5.41) is 2.98. The van der Waals surface area contributed by atoms with Gasteiger partial charge < -0.3 is 5.32 Å². The summed E-state index contributed by atoms with van der Waals surface area (Å²) >= 11 is 0. The minimum atomic E-state index is -0.237. The minimum Gasteiger partial charge on any atom is -0.326 e. The molecule has 3 amide bonds. The van der Waals surface area contributed by atoms with Crippen molar-refractivity contribution >= 4 is 23.4 Å². The number of likely N-dealkylation sites (tertiary alicyclic amines) is 1. The molecule has 0 spiro atoms. The summed E-state index contributed by atoms with van der Waals surface area (Å²) in [6, 6.07) is 5.96. The van der Waals surface area contributed by atoms with Gasteiger partial charge in [0, 0.05) is 18.7 Å². The second kappa shape index (κ2) is 7.44. The van der Waals surface area contributed by atoms with Crippen LogP contribution in [0.1, 0.15) is 50.2 Å². The fraction of sp³-hybridized carbons (Fsp3) is 0.476. The first kappa shape index (κ1) is 18.4. The molecule has 5 nitrogen and oxygen atoms in total. The number of carbonyl (C=O) groups is 3. The number of imide groups is 1. The summed E-state index contributed by atoms with van der Waals surface area (Å²) in [7, 11) is 0. The van der Waals surface area contributed by atoms with Gasteiger partial charge in [-0.25, -0.2) is 0 Å². The number of anilines is 1. The number of hydrogen-bond acceptors (Lipinski definition) is 3. The van der Waals surface area contributed by atoms with Crippen LogP contribution in [0.4, 0.5) is 5.69 Å². The lowest BCUT2D eigenvalue weighted by Gasteiger charge is -2.18. The molecular weight excluding hydrogens is 328 g/mol. The van der Waals surface area contributed by atoms with Crippen molar-refractivity contribution in [2.24, 2.45) is 11.8 Å². The highest BCUT2D eigenvalue weighted by molar-refractivity contribution is 6.06. The Labute approximate surface area is 154 Å². The summed E-state index contributed by atoms with van der Waals surface area (Å²) in [5.41, 5.74) is 2.93. The van der Waals surface area contributed by atoms with Gasteiger partial charge in [-0.15, -0.1) is 0 Å². The monoisotopic (exact) mass is 354 g/mol. The van der Waals surface area contributed by atoms with Crippen LogP contribution in [0, 0.1) is 18.8 Å². The number of nitrogens with one attached hydrogen (secondary N) is 1. The van der Waals surface area contributed by atoms with Crippen molar-refractivity contribution in [2.75, 3.05) is 11.9 Å². The molecule has 138 valence electrons. The highest BCUT2D eigenvalue weighted by atomic mass is 16.2. The molecule has 5 heteroatoms. The van der Waals surface area contributed by atoms with Crippen molar-refractivity contribution in [1.82, 2.24) is 4.90 Å². The molecule has 1 N–H and O–H groups in total. The molecule has 1 aliphatic carbocycles. The SMILES string of the molecule is Cc1cccc(C(C)C)c1NC(=O)CCN1C(=O)[C@H]2CC=CC[C@H]2C1=O. The molecule has 1 heterocycles. The van der Waals surface area contributed by atoms with E-state index in [-0.39, 0.29) is 42.5 Å². The molecule has 1 aromatic rings. The first-order valence-corrected chi connectivity index (χ1v) is 9.29. The summed E-state index contributed by atoms with van der Waals surface area (Å²) in [6.07, 6.45) is 5.30. The Kier molecular flexibility index (Phi) is 5.25. The lowest BCUT2D eigenvalue weighted by Crippen LogP contribution is -2.34. The fourth-order valence-electron chi connectivity index (χ4n) is 3.85. The van der Waals surface area contributed by atoms with Gasteiger partial charge in [-0.2, -0.15) is 0 Å². The maximum absolute atomic E-state index is 12.5. The van der Waals surface area contributed by atoms with Gasteiger partial charge in [-0.1, -0.05) is 44.2 Å². The minimum absolute atomic E-state index is 0.121. The second-order valence-electron chi connectivity index (χ2n) is 7.48. The Bertz CT molecular complexity index is 741. The summed E-state index contributed by atoms with van der Waals surface area (Å²) in [4.78, 5) is 38.6. The molecule has 1 aromatic carbocycles. The van der Waals surface area contributed by atoms with E-state index in [4.69, 9.17) is 0 Å². The predicted molar refractivity (Wildman–Crippen MR) is 101 cm³/mol. The van der Waals surface area contributed by atoms with E-state index in [0.717, 1.165) is 16.8 Å². The molecule has 26 heavy (non-hydrogen) atoms. The maximum atomic E-state index is 12.5. The number of para-hydroxylation sites is 1. The molecule has 3 rings (SSSR count). The molecule has 1 fully saturated rings. The number of amides is 3. The van der Waals surface area contributed by atoms with Crippen LogP contribution in [0.15, 0.2) is 30.4 Å². The first-order chi connectivity index (χ1) is 12.4. The first-order valence-electron chi connectivity index (χ1n) is 9.29. The number of carbonyl (C=O) groups excluding carboxylic acids is 3. The van der Waals surface area contributed by atoms with Gasteiger partial charge in [0.05, 0.1) is 11.8 Å². The van der Waals surface area contributed by atoms with Crippen LogP contribution >= 0.6 is 0 Å². The van der Waals surface area contributed by atoms with E-state index in [1.54, 1.807) is 0 Å². The zero-order chi connectivity index (χ0) is 18.8. The molecule has 0 saturated carbocycles. The van der Waals surface area contributed by atoms with Gasteiger partial charge in [0.2, 0.25) is 17.7 Å². The highest BCUT2D eigenvalue weighted by Crippen LogP contribution is 2.35. The van der Waals surface area contributed by atoms with E-state index >= 15 is 0 Å². The van der Waals surface area contributed by atoms with Crippen molar-refractivity contribution in [3.63, 3.8) is 0 Å². The number of benzene rings is 1. The molecule has 0 unspecified atom stereocenters. The molecule has 0 radical (unpaired) electrons. The number of fused-ring (bicyclic) bond motifs is 1. The van der Waals surface area contributed by atoms with Crippen LogP contribution in [0.5, 0.6) is 0 Å². The largest absolute Gasteiger partial charge is 0.326 e. The summed E-state index contributed by atoms with van der Waals surface area (Å²) in [5.74, 6) is -0.608. The summed E-state index contributed by atoms with van der Waals surface area (Å²) in [6.45, 7) is 6.29. The fourth-order valence-corrected chi connectivity index (χ4v) is 3.85. The number of allylic oxidation sites excluding steroid dienone is 2. The van der Waals surface area contributed by atoms with E-state index in [9.17, 15) is 14.4 Å². The van der Waals surface area contributed by atoms with Crippen molar-refractivity contribution in [2.45, 2.75) is 46.0 Å². The Morgan fingerprint density at radius 2 is 1.77 bits per heavy atom. The average molecular weight is 354 g/mol. The van der Waals surface area contributed by atoms with Crippen LogP contribution in [0.3, 0.4) is 0 Å². The molecule has 1 aliphatic heterocycles. The Morgan fingerprint density at radius 3 is 2.35 bits per heavy atom. The van der Waals surface area contributed by atoms with E-state index in [0.29, 0.717) is 18.8 Å². The van der Waals surface area contributed by atoms with E-state index in [1.807, 2.05) is 37.3 Å². The van der Waals surface area contributed by atoms with Crippen LogP contribution in [-0.2, 0) is 14.4 Å². The van der Waals surface area contributed by atoms with Gasteiger partial charge in [-0.05, 0) is 36.8 Å². The number of nitrogens with zero attached hydrogens (tertiary/aromatic N) is 1. The van der Waals surface area contributed by atoms with Crippen molar-refractivity contribution in [3.8, 4) is 0 Å². The molecule has 1 saturated heterocycles. The standard InChI is InChI=1S/C21H26N2O3/c1-13(2)15-10-6-7-14(3)19(15)22-18(24)11-12-23-20(25)16-8-4-5-9-17(16)21(23)26/h4-7,10,13,16-17H,8-9,11-12H2,1-3H3,(H,22,24)/t16-,17+. The zero-order valence-electron chi connectivity index (χ0n) is 15.6. The molecule has 2 aliphatic rings. The van der Waals surface area contributed by atoms with Crippen molar-refractivity contribution < 1.29 is 14.4 Å². The molecular formula is C21H26N2O3. The van der Waals surface area contributed by atoms with E-state index in [2.05, 4.69) is 19.2 Å². The van der Waals surface area contributed by atoms with E-state index in [1.165, 1.54) is 4.90 Å². The second-order valence-corrected chi connectivity index (χ2v) is 7.48. The predicted octanol–water partition coefficient (Wildman–Crippen LogP) is 3.40. The zero-order valence-corrected chi connectivity index (χ0v) is 15.6. The van der Waals surface area contributed by atoms with E-state index < -0.39 is 0 Å². The molecule has 0 bridgehead atoms. The number of hydrogen-bond donors (Lipinski definition) is 1. The Morgan fingerprint density at radius 1 is 1.15 bits per heavy atom. The van der Waals surface area contributed by atoms with Crippen LogP contribution in [0.25, 0.3) is 0 Å². The lowest BCUT2D eigenvalue weighted by atomic mass is 9.85. The van der Waals surface area contributed by atoms with Crippen molar-refractivity contribution in [3.05, 3.63) is 41.5 Å². The molecule has 0 aromatic heterocycles. The number of aryl methyl sites for hydroxylation is 1. The summed E-state index contributed by atoms with van der Waals surface area (Å²) < 4.78 is 0. The smallest absolute Gasteiger partial charge is 0.233 e. The average Bonchev–Trinajstić information content (AvgIpc) is 2.86. The topological polar surface area (TPSA) is 66.5 Å². The quantitative estimate of drug-likeness (QED) is 0.651. The third-order valence-corrected chi connectivity index (χ3v) is 5.35. The van der Waals surface area contributed by atoms with Gasteiger partial charge in [0.15, 0.2) is 0 Å². The van der Waals surface area contributed by atoms with Crippen LogP contribution < -0.4 is 5.32 Å². The Hall–Kier alpha value is -2.43. The van der Waals surface area contributed by atoms with Gasteiger partial charge in [0.25, 0.3) is 0 Å². The normalized spacial score (nSPS) is 22.1. The van der Waals surface area contributed by atoms with Gasteiger partial charge in [0.1, 0.15) is 0 Å². The van der Waals surface area contributed by atoms with Crippen LogP contribution in [0.2, 0.25) is 0 Å². The third-order valence-electron chi connectivity index (χ3n) is 5.35. The van der Waals surface area contributed by atoms with Gasteiger partial charge >= 0.3 is 0 Å². The number of rotatable bonds is 5. The Balaban J connectivity index is 1.64. The molecule has 2 atom stereocenters. The highest BCUT2D eigenvalue weighted by Gasteiger charge is 2.46.